The van der Waals surface area contributed by atoms with Gasteiger partial charge in [-0.3, -0.25) is 4.79 Å². The Morgan fingerprint density at radius 1 is 1.32 bits per heavy atom. The van der Waals surface area contributed by atoms with E-state index in [1.54, 1.807) is 0 Å². The molecule has 3 rings (SSSR count). The number of nitrogens with one attached hydrogen (secondary N) is 2. The average molecular weight is 300 g/mol. The molecule has 2 heterocycles. The highest BCUT2D eigenvalue weighted by Gasteiger charge is 2.21. The van der Waals surface area contributed by atoms with Gasteiger partial charge < -0.3 is 15.0 Å². The summed E-state index contributed by atoms with van der Waals surface area (Å²) in [5, 5.41) is 4.36. The van der Waals surface area contributed by atoms with Gasteiger partial charge in [0, 0.05) is 42.3 Å². The van der Waals surface area contributed by atoms with E-state index in [9.17, 15) is 4.79 Å². The van der Waals surface area contributed by atoms with Crippen LogP contribution in [0.1, 0.15) is 29.7 Å². The maximum Gasteiger partial charge on any atom is 0.223 e. The summed E-state index contributed by atoms with van der Waals surface area (Å²) in [7, 11) is 0. The predicted molar refractivity (Wildman–Crippen MR) is 88.0 cm³/mol. The molecule has 4 nitrogen and oxygen atoms in total. The lowest BCUT2D eigenvalue weighted by molar-refractivity contribution is -0.127. The first kappa shape index (κ1) is 15.1. The molecule has 0 saturated carbocycles. The Morgan fingerprint density at radius 3 is 2.86 bits per heavy atom. The van der Waals surface area contributed by atoms with Crippen LogP contribution in [0.4, 0.5) is 0 Å². The quantitative estimate of drug-likeness (QED) is 0.912. The lowest BCUT2D eigenvalue weighted by atomic mass is 9.99. The van der Waals surface area contributed by atoms with Gasteiger partial charge in [-0.25, -0.2) is 0 Å². The molecule has 1 amide bonds. The largest absolute Gasteiger partial charge is 0.381 e. The van der Waals surface area contributed by atoms with Gasteiger partial charge in [-0.05, 0) is 50.8 Å². The van der Waals surface area contributed by atoms with E-state index >= 15 is 0 Å². The van der Waals surface area contributed by atoms with Crippen molar-refractivity contribution in [1.82, 2.24) is 10.3 Å². The predicted octanol–water partition coefficient (Wildman–Crippen LogP) is 2.87. The number of aromatic nitrogens is 1. The first-order valence-electron chi connectivity index (χ1n) is 8.08. The Labute approximate surface area is 131 Å². The summed E-state index contributed by atoms with van der Waals surface area (Å²) in [5.74, 6) is 0.303. The Hall–Kier alpha value is -1.81. The first-order valence-corrected chi connectivity index (χ1v) is 8.08. The minimum atomic E-state index is 0.125. The molecule has 1 aliphatic heterocycles. The SMILES string of the molecule is Cc1ccc2[nH]c(C)c(CCNC(=O)C3CCOCC3)c2c1. The fourth-order valence-corrected chi connectivity index (χ4v) is 3.23. The van der Waals surface area contributed by atoms with Crippen molar-refractivity contribution in [2.24, 2.45) is 5.92 Å². The van der Waals surface area contributed by atoms with Crippen molar-refractivity contribution in [3.63, 3.8) is 0 Å². The van der Waals surface area contributed by atoms with Crippen molar-refractivity contribution in [3.8, 4) is 0 Å². The van der Waals surface area contributed by atoms with Gasteiger partial charge >= 0.3 is 0 Å². The second-order valence-corrected chi connectivity index (χ2v) is 6.21. The van der Waals surface area contributed by atoms with E-state index in [2.05, 4.69) is 42.3 Å². The smallest absolute Gasteiger partial charge is 0.223 e. The highest BCUT2D eigenvalue weighted by atomic mass is 16.5. The zero-order chi connectivity index (χ0) is 15.5. The van der Waals surface area contributed by atoms with Gasteiger partial charge in [-0.2, -0.15) is 0 Å². The molecule has 0 spiro atoms. The minimum absolute atomic E-state index is 0.125. The number of benzene rings is 1. The van der Waals surface area contributed by atoms with Crippen molar-refractivity contribution in [2.75, 3.05) is 19.8 Å². The van der Waals surface area contributed by atoms with Crippen LogP contribution >= 0.6 is 0 Å². The van der Waals surface area contributed by atoms with E-state index in [0.717, 1.165) is 19.3 Å². The third-order valence-corrected chi connectivity index (χ3v) is 4.54. The van der Waals surface area contributed by atoms with Gasteiger partial charge in [0.05, 0.1) is 0 Å². The fraction of sp³-hybridized carbons (Fsp3) is 0.500. The summed E-state index contributed by atoms with van der Waals surface area (Å²) in [5.41, 5.74) is 4.94. The lowest BCUT2D eigenvalue weighted by Crippen LogP contribution is -2.35. The number of aryl methyl sites for hydroxylation is 2. The number of aromatic amines is 1. The fourth-order valence-electron chi connectivity index (χ4n) is 3.23. The maximum absolute atomic E-state index is 12.2. The summed E-state index contributed by atoms with van der Waals surface area (Å²) >= 11 is 0. The van der Waals surface area contributed by atoms with E-state index in [4.69, 9.17) is 4.74 Å². The molecule has 4 heteroatoms. The van der Waals surface area contributed by atoms with Crippen LogP contribution in [-0.4, -0.2) is 30.6 Å². The molecule has 2 aromatic rings. The standard InChI is InChI=1S/C18H24N2O2/c1-12-3-4-17-16(11-12)15(13(2)20-17)5-8-19-18(21)14-6-9-22-10-7-14/h3-4,11,14,20H,5-10H2,1-2H3,(H,19,21). The minimum Gasteiger partial charge on any atom is -0.381 e. The van der Waals surface area contributed by atoms with Crippen molar-refractivity contribution >= 4 is 16.8 Å². The van der Waals surface area contributed by atoms with Crippen LogP contribution in [0, 0.1) is 19.8 Å². The van der Waals surface area contributed by atoms with Crippen LogP contribution in [0.2, 0.25) is 0 Å². The summed E-state index contributed by atoms with van der Waals surface area (Å²) in [6.07, 6.45) is 2.55. The van der Waals surface area contributed by atoms with Crippen LogP contribution in [0.25, 0.3) is 10.9 Å². The molecule has 0 radical (unpaired) electrons. The number of hydrogen-bond acceptors (Lipinski definition) is 2. The molecular formula is C18H24N2O2. The lowest BCUT2D eigenvalue weighted by Gasteiger charge is -2.21. The summed E-state index contributed by atoms with van der Waals surface area (Å²) in [4.78, 5) is 15.6. The van der Waals surface area contributed by atoms with Gasteiger partial charge in [-0.1, -0.05) is 11.6 Å². The normalized spacial score (nSPS) is 16.1. The second kappa shape index (κ2) is 6.53. The molecule has 1 aliphatic rings. The molecule has 0 aliphatic carbocycles. The number of rotatable bonds is 4. The monoisotopic (exact) mass is 300 g/mol. The van der Waals surface area contributed by atoms with Gasteiger partial charge in [0.25, 0.3) is 0 Å². The molecule has 0 unspecified atom stereocenters. The molecule has 118 valence electrons. The number of H-pyrrole nitrogens is 1. The van der Waals surface area contributed by atoms with E-state index in [0.29, 0.717) is 19.8 Å². The molecule has 2 N–H and O–H groups in total. The average Bonchev–Trinajstić information content (AvgIpc) is 2.83. The second-order valence-electron chi connectivity index (χ2n) is 6.21. The molecular weight excluding hydrogens is 276 g/mol. The zero-order valence-corrected chi connectivity index (χ0v) is 13.4. The third-order valence-electron chi connectivity index (χ3n) is 4.54. The highest BCUT2D eigenvalue weighted by molar-refractivity contribution is 5.85. The Balaban J connectivity index is 1.62. The van der Waals surface area contributed by atoms with E-state index in [1.807, 2.05) is 0 Å². The number of amides is 1. The van der Waals surface area contributed by atoms with Crippen LogP contribution in [0.15, 0.2) is 18.2 Å². The highest BCUT2D eigenvalue weighted by Crippen LogP contribution is 2.23. The number of carbonyl (C=O) groups is 1. The molecule has 1 aromatic heterocycles. The van der Waals surface area contributed by atoms with Gasteiger partial charge in [0.2, 0.25) is 5.91 Å². The van der Waals surface area contributed by atoms with Crippen LogP contribution in [-0.2, 0) is 16.0 Å². The van der Waals surface area contributed by atoms with Crippen molar-refractivity contribution < 1.29 is 9.53 Å². The van der Waals surface area contributed by atoms with Gasteiger partial charge in [-0.15, -0.1) is 0 Å². The number of hydrogen-bond donors (Lipinski definition) is 2. The van der Waals surface area contributed by atoms with Crippen LogP contribution in [0.3, 0.4) is 0 Å². The van der Waals surface area contributed by atoms with Crippen molar-refractivity contribution in [1.29, 1.82) is 0 Å². The maximum atomic E-state index is 12.2. The van der Waals surface area contributed by atoms with E-state index < -0.39 is 0 Å². The summed E-state index contributed by atoms with van der Waals surface area (Å²) in [6, 6.07) is 6.46. The molecule has 1 fully saturated rings. The Kier molecular flexibility index (Phi) is 4.48. The van der Waals surface area contributed by atoms with Crippen molar-refractivity contribution in [2.45, 2.75) is 33.1 Å². The molecule has 1 aromatic carbocycles. The van der Waals surface area contributed by atoms with Crippen molar-refractivity contribution in [3.05, 3.63) is 35.0 Å². The van der Waals surface area contributed by atoms with Gasteiger partial charge in [0.1, 0.15) is 0 Å². The molecule has 0 bridgehead atoms. The number of carbonyl (C=O) groups excluding carboxylic acids is 1. The molecule has 1 saturated heterocycles. The topological polar surface area (TPSA) is 54.1 Å². The van der Waals surface area contributed by atoms with Gasteiger partial charge in [0.15, 0.2) is 0 Å². The van der Waals surface area contributed by atoms with E-state index in [-0.39, 0.29) is 11.8 Å². The summed E-state index contributed by atoms with van der Waals surface area (Å²) < 4.78 is 5.30. The zero-order valence-electron chi connectivity index (χ0n) is 13.4. The Bertz CT molecular complexity index is 669. The van der Waals surface area contributed by atoms with Crippen LogP contribution in [0.5, 0.6) is 0 Å². The van der Waals surface area contributed by atoms with Crippen LogP contribution < -0.4 is 5.32 Å². The first-order chi connectivity index (χ1) is 10.6. The Morgan fingerprint density at radius 2 is 2.09 bits per heavy atom. The number of fused-ring (bicyclic) bond motifs is 1. The number of ether oxygens (including phenoxy) is 1. The van der Waals surface area contributed by atoms with E-state index in [1.165, 1.54) is 27.7 Å². The summed E-state index contributed by atoms with van der Waals surface area (Å²) in [6.45, 7) is 6.32. The third kappa shape index (κ3) is 3.17. The molecule has 22 heavy (non-hydrogen) atoms. The molecule has 0 atom stereocenters.